The summed E-state index contributed by atoms with van der Waals surface area (Å²) in [6.45, 7) is 12.5. The van der Waals surface area contributed by atoms with Crippen LogP contribution in [0.4, 0.5) is 0 Å². The van der Waals surface area contributed by atoms with E-state index >= 15 is 0 Å². The van der Waals surface area contributed by atoms with Crippen LogP contribution in [0, 0.1) is 5.92 Å². The molecule has 0 aliphatic heterocycles. The van der Waals surface area contributed by atoms with E-state index in [4.69, 9.17) is 4.74 Å². The Hall–Kier alpha value is -1.05. The molecule has 0 aliphatic carbocycles. The highest BCUT2D eigenvalue weighted by molar-refractivity contribution is 5.87. The average molecular weight is 238 g/mol. The van der Waals surface area contributed by atoms with Crippen LogP contribution in [0.5, 0.6) is 0 Å². The van der Waals surface area contributed by atoms with Gasteiger partial charge in [0.2, 0.25) is 0 Å². The van der Waals surface area contributed by atoms with Gasteiger partial charge in [-0.15, -0.1) is 0 Å². The van der Waals surface area contributed by atoms with E-state index in [2.05, 4.69) is 33.4 Å². The Morgan fingerprint density at radius 1 is 1.35 bits per heavy atom. The summed E-state index contributed by atoms with van der Waals surface area (Å²) in [4.78, 5) is 11.3. The molecule has 1 atom stereocenters. The third kappa shape index (κ3) is 8.73. The molecule has 0 spiro atoms. The molecule has 0 N–H and O–H groups in total. The van der Waals surface area contributed by atoms with Gasteiger partial charge in [0.1, 0.15) is 0 Å². The van der Waals surface area contributed by atoms with Crippen molar-refractivity contribution < 1.29 is 9.53 Å². The van der Waals surface area contributed by atoms with Gasteiger partial charge >= 0.3 is 5.97 Å². The molecule has 0 amide bonds. The lowest BCUT2D eigenvalue weighted by atomic mass is 10.0. The zero-order valence-electron chi connectivity index (χ0n) is 11.7. The molecular weight excluding hydrogens is 212 g/mol. The SMILES string of the molecule is C=C(CC)C(=O)OCCC(C)CCC=C(C)C. The fourth-order valence-corrected chi connectivity index (χ4v) is 1.40. The molecule has 0 saturated heterocycles. The summed E-state index contributed by atoms with van der Waals surface area (Å²) in [6, 6.07) is 0. The van der Waals surface area contributed by atoms with Crippen LogP contribution in [-0.4, -0.2) is 12.6 Å². The first kappa shape index (κ1) is 16.0. The molecule has 0 radical (unpaired) electrons. The van der Waals surface area contributed by atoms with Crippen molar-refractivity contribution in [3.8, 4) is 0 Å². The summed E-state index contributed by atoms with van der Waals surface area (Å²) in [6.07, 6.45) is 6.10. The zero-order valence-corrected chi connectivity index (χ0v) is 11.7. The van der Waals surface area contributed by atoms with Crippen molar-refractivity contribution in [2.24, 2.45) is 5.92 Å². The lowest BCUT2D eigenvalue weighted by molar-refractivity contribution is -0.139. The smallest absolute Gasteiger partial charge is 0.333 e. The molecule has 0 aliphatic rings. The van der Waals surface area contributed by atoms with E-state index in [1.807, 2.05) is 6.92 Å². The number of allylic oxidation sites excluding steroid dienone is 2. The Bertz CT molecular complexity index is 273. The molecule has 98 valence electrons. The van der Waals surface area contributed by atoms with Crippen molar-refractivity contribution in [2.75, 3.05) is 6.61 Å². The first-order valence-corrected chi connectivity index (χ1v) is 6.45. The molecule has 0 heterocycles. The molecule has 0 fully saturated rings. The largest absolute Gasteiger partial charge is 0.462 e. The van der Waals surface area contributed by atoms with Gasteiger partial charge in [-0.25, -0.2) is 4.79 Å². The summed E-state index contributed by atoms with van der Waals surface area (Å²) in [7, 11) is 0. The Balaban J connectivity index is 3.64. The van der Waals surface area contributed by atoms with Gasteiger partial charge in [0.05, 0.1) is 6.61 Å². The normalized spacial score (nSPS) is 11.8. The summed E-state index contributed by atoms with van der Waals surface area (Å²) in [5.74, 6) is 0.345. The van der Waals surface area contributed by atoms with Crippen molar-refractivity contribution >= 4 is 5.97 Å². The quantitative estimate of drug-likeness (QED) is 0.358. The van der Waals surface area contributed by atoms with Crippen molar-refractivity contribution in [1.82, 2.24) is 0 Å². The third-order valence-corrected chi connectivity index (χ3v) is 2.77. The minimum Gasteiger partial charge on any atom is -0.462 e. The average Bonchev–Trinajstić information content (AvgIpc) is 2.27. The van der Waals surface area contributed by atoms with Crippen LogP contribution in [0.1, 0.15) is 53.4 Å². The van der Waals surface area contributed by atoms with Crippen molar-refractivity contribution in [2.45, 2.75) is 53.4 Å². The van der Waals surface area contributed by atoms with Crippen LogP contribution >= 0.6 is 0 Å². The Morgan fingerprint density at radius 2 is 2.00 bits per heavy atom. The molecule has 0 aromatic carbocycles. The summed E-state index contributed by atoms with van der Waals surface area (Å²) in [5, 5.41) is 0. The second-order valence-corrected chi connectivity index (χ2v) is 4.85. The Morgan fingerprint density at radius 3 is 2.53 bits per heavy atom. The van der Waals surface area contributed by atoms with Crippen molar-refractivity contribution in [3.05, 3.63) is 23.8 Å². The molecule has 0 aromatic rings. The summed E-state index contributed by atoms with van der Waals surface area (Å²) < 4.78 is 5.14. The van der Waals surface area contributed by atoms with Gasteiger partial charge in [0, 0.05) is 5.57 Å². The standard InChI is InChI=1S/C15H26O2/c1-6-14(5)15(16)17-11-10-13(4)9-7-8-12(2)3/h8,13H,5-7,9-11H2,1-4H3. The lowest BCUT2D eigenvalue weighted by Crippen LogP contribution is -2.10. The highest BCUT2D eigenvalue weighted by Crippen LogP contribution is 2.12. The molecule has 0 bridgehead atoms. The van der Waals surface area contributed by atoms with Gasteiger partial charge < -0.3 is 4.74 Å². The molecular formula is C15H26O2. The molecule has 0 saturated carbocycles. The molecule has 0 rings (SSSR count). The fraction of sp³-hybridized carbons (Fsp3) is 0.667. The molecule has 2 heteroatoms. The minimum absolute atomic E-state index is 0.246. The first-order valence-electron chi connectivity index (χ1n) is 6.45. The van der Waals surface area contributed by atoms with Gasteiger partial charge in [0.15, 0.2) is 0 Å². The highest BCUT2D eigenvalue weighted by Gasteiger charge is 2.07. The predicted molar refractivity (Wildman–Crippen MR) is 72.8 cm³/mol. The molecule has 1 unspecified atom stereocenters. The van der Waals surface area contributed by atoms with Crippen LogP contribution in [0.2, 0.25) is 0 Å². The number of carbonyl (C=O) groups is 1. The van der Waals surface area contributed by atoms with Gasteiger partial charge in [-0.2, -0.15) is 0 Å². The van der Waals surface area contributed by atoms with Crippen LogP contribution in [0.3, 0.4) is 0 Å². The van der Waals surface area contributed by atoms with Crippen LogP contribution in [0.15, 0.2) is 23.8 Å². The van der Waals surface area contributed by atoms with E-state index in [1.54, 1.807) is 0 Å². The molecule has 2 nitrogen and oxygen atoms in total. The van der Waals surface area contributed by atoms with E-state index in [-0.39, 0.29) is 5.97 Å². The first-order chi connectivity index (χ1) is 7.97. The van der Waals surface area contributed by atoms with E-state index in [0.29, 0.717) is 24.5 Å². The molecule has 0 aromatic heterocycles. The van der Waals surface area contributed by atoms with Crippen LogP contribution in [0.25, 0.3) is 0 Å². The zero-order chi connectivity index (χ0) is 13.3. The number of carbonyl (C=O) groups excluding carboxylic acids is 1. The van der Waals surface area contributed by atoms with E-state index in [1.165, 1.54) is 5.57 Å². The number of esters is 1. The molecule has 17 heavy (non-hydrogen) atoms. The van der Waals surface area contributed by atoms with Gasteiger partial charge in [-0.1, -0.05) is 32.1 Å². The number of rotatable bonds is 8. The van der Waals surface area contributed by atoms with E-state index < -0.39 is 0 Å². The summed E-state index contributed by atoms with van der Waals surface area (Å²) in [5.41, 5.74) is 1.92. The van der Waals surface area contributed by atoms with Gasteiger partial charge in [0.25, 0.3) is 0 Å². The minimum atomic E-state index is -0.246. The van der Waals surface area contributed by atoms with Gasteiger partial charge in [-0.05, 0) is 45.4 Å². The fourth-order valence-electron chi connectivity index (χ4n) is 1.40. The highest BCUT2D eigenvalue weighted by atomic mass is 16.5. The lowest BCUT2D eigenvalue weighted by Gasteiger charge is -2.11. The monoisotopic (exact) mass is 238 g/mol. The number of ether oxygens (including phenoxy) is 1. The second kappa shape index (κ2) is 9.03. The van der Waals surface area contributed by atoms with Gasteiger partial charge in [-0.3, -0.25) is 0 Å². The van der Waals surface area contributed by atoms with Crippen LogP contribution < -0.4 is 0 Å². The maximum atomic E-state index is 11.3. The Labute approximate surface area is 106 Å². The van der Waals surface area contributed by atoms with Crippen molar-refractivity contribution in [1.29, 1.82) is 0 Å². The van der Waals surface area contributed by atoms with E-state index in [0.717, 1.165) is 19.3 Å². The number of hydrogen-bond donors (Lipinski definition) is 0. The second-order valence-electron chi connectivity index (χ2n) is 4.85. The number of hydrogen-bond acceptors (Lipinski definition) is 2. The Kier molecular flexibility index (Phi) is 8.47. The predicted octanol–water partition coefficient (Wildman–Crippen LogP) is 4.27. The summed E-state index contributed by atoms with van der Waals surface area (Å²) >= 11 is 0. The topological polar surface area (TPSA) is 26.3 Å². The van der Waals surface area contributed by atoms with E-state index in [9.17, 15) is 4.79 Å². The maximum Gasteiger partial charge on any atom is 0.333 e. The maximum absolute atomic E-state index is 11.3. The van der Waals surface area contributed by atoms with Crippen molar-refractivity contribution in [3.63, 3.8) is 0 Å². The third-order valence-electron chi connectivity index (χ3n) is 2.77. The van der Waals surface area contributed by atoms with Crippen LogP contribution in [-0.2, 0) is 9.53 Å².